The molecular formula is C17H20N4O3. The van der Waals surface area contributed by atoms with Crippen molar-refractivity contribution in [3.8, 4) is 11.3 Å². The highest BCUT2D eigenvalue weighted by molar-refractivity contribution is 5.82. The fourth-order valence-corrected chi connectivity index (χ4v) is 2.94. The molecule has 1 fully saturated rings. The number of carbonyl (C=O) groups excluding carboxylic acids is 2. The first kappa shape index (κ1) is 16.0. The highest BCUT2D eigenvalue weighted by atomic mass is 16.5. The molecule has 0 bridgehead atoms. The zero-order chi connectivity index (χ0) is 16.9. The lowest BCUT2D eigenvalue weighted by Gasteiger charge is -2.23. The Balaban J connectivity index is 1.70. The highest BCUT2D eigenvalue weighted by Gasteiger charge is 2.31. The van der Waals surface area contributed by atoms with Crippen LogP contribution in [-0.2, 0) is 9.53 Å². The molecule has 1 saturated heterocycles. The van der Waals surface area contributed by atoms with E-state index < -0.39 is 6.09 Å². The van der Waals surface area contributed by atoms with E-state index in [1.807, 2.05) is 30.3 Å². The lowest BCUT2D eigenvalue weighted by molar-refractivity contribution is -0.131. The molecule has 24 heavy (non-hydrogen) atoms. The van der Waals surface area contributed by atoms with Crippen molar-refractivity contribution in [3.05, 3.63) is 42.4 Å². The summed E-state index contributed by atoms with van der Waals surface area (Å²) in [5.74, 6) is 0.637. The first-order valence-electron chi connectivity index (χ1n) is 7.90. The lowest BCUT2D eigenvalue weighted by atomic mass is 10.2. The molecule has 2 amide bonds. The molecule has 1 aromatic heterocycles. The number of rotatable bonds is 4. The van der Waals surface area contributed by atoms with Crippen molar-refractivity contribution >= 4 is 12.0 Å². The Kier molecular flexibility index (Phi) is 4.79. The third kappa shape index (κ3) is 3.40. The summed E-state index contributed by atoms with van der Waals surface area (Å²) in [5, 5.41) is 2.43. The number of hydrogen-bond acceptors (Lipinski definition) is 4. The zero-order valence-electron chi connectivity index (χ0n) is 13.5. The second-order valence-corrected chi connectivity index (χ2v) is 5.64. The molecule has 0 radical (unpaired) electrons. The topological polar surface area (TPSA) is 87.3 Å². The Morgan fingerprint density at radius 3 is 2.92 bits per heavy atom. The van der Waals surface area contributed by atoms with E-state index in [0.29, 0.717) is 6.54 Å². The molecule has 1 atom stereocenters. The predicted octanol–water partition coefficient (Wildman–Crippen LogP) is 2.10. The van der Waals surface area contributed by atoms with Crippen molar-refractivity contribution in [1.82, 2.24) is 20.2 Å². The van der Waals surface area contributed by atoms with Gasteiger partial charge in [0.25, 0.3) is 0 Å². The van der Waals surface area contributed by atoms with Crippen LogP contribution < -0.4 is 5.32 Å². The van der Waals surface area contributed by atoms with Gasteiger partial charge in [-0.3, -0.25) is 4.79 Å². The molecule has 0 spiro atoms. The molecule has 1 aliphatic heterocycles. The number of methoxy groups -OCH3 is 1. The number of imidazole rings is 1. The first-order chi connectivity index (χ1) is 11.7. The van der Waals surface area contributed by atoms with Crippen molar-refractivity contribution in [1.29, 1.82) is 0 Å². The number of hydrogen-bond donors (Lipinski definition) is 2. The minimum atomic E-state index is -0.608. The van der Waals surface area contributed by atoms with E-state index in [4.69, 9.17) is 0 Å². The highest BCUT2D eigenvalue weighted by Crippen LogP contribution is 2.31. The normalized spacial score (nSPS) is 16.9. The van der Waals surface area contributed by atoms with Crippen molar-refractivity contribution in [2.24, 2.45) is 0 Å². The summed E-state index contributed by atoms with van der Waals surface area (Å²) in [5.41, 5.74) is 1.98. The number of aromatic amines is 1. The smallest absolute Gasteiger partial charge is 0.407 e. The quantitative estimate of drug-likeness (QED) is 0.900. The third-order valence-corrected chi connectivity index (χ3v) is 4.14. The minimum Gasteiger partial charge on any atom is -0.453 e. The maximum absolute atomic E-state index is 12.3. The van der Waals surface area contributed by atoms with Crippen LogP contribution in [0.1, 0.15) is 24.7 Å². The van der Waals surface area contributed by atoms with Gasteiger partial charge in [-0.25, -0.2) is 9.78 Å². The van der Waals surface area contributed by atoms with Crippen molar-refractivity contribution in [2.45, 2.75) is 18.9 Å². The van der Waals surface area contributed by atoms with Crippen LogP contribution >= 0.6 is 0 Å². The Bertz CT molecular complexity index is 714. The molecule has 1 aromatic carbocycles. The molecule has 2 aromatic rings. The van der Waals surface area contributed by atoms with E-state index in [9.17, 15) is 9.59 Å². The number of nitrogens with one attached hydrogen (secondary N) is 2. The molecule has 126 valence electrons. The number of benzene rings is 1. The number of amides is 2. The number of alkyl carbamates (subject to hydrolysis) is 1. The Morgan fingerprint density at radius 2 is 2.17 bits per heavy atom. The number of aromatic nitrogens is 2. The molecule has 2 N–H and O–H groups in total. The monoisotopic (exact) mass is 328 g/mol. The first-order valence-corrected chi connectivity index (χ1v) is 7.90. The fraction of sp³-hybridized carbons (Fsp3) is 0.353. The van der Waals surface area contributed by atoms with Crippen LogP contribution in [0.4, 0.5) is 4.79 Å². The number of likely N-dealkylation sites (tertiary alicyclic amines) is 1. The second-order valence-electron chi connectivity index (χ2n) is 5.64. The van der Waals surface area contributed by atoms with E-state index in [1.54, 1.807) is 11.1 Å². The summed E-state index contributed by atoms with van der Waals surface area (Å²) in [4.78, 5) is 33.0. The standard InChI is InChI=1S/C17H20N4O3/c1-24-17(23)19-11-15(22)21-9-5-8-14(21)16-18-10-13(20-16)12-6-3-2-4-7-12/h2-4,6-7,10,14H,5,8-9,11H2,1H3,(H,18,20)(H,19,23)/t14-/m0/s1. The van der Waals surface area contributed by atoms with Crippen LogP contribution in [0, 0.1) is 0 Å². The number of ether oxygens (including phenoxy) is 1. The summed E-state index contributed by atoms with van der Waals surface area (Å²) in [6, 6.07) is 9.84. The molecular weight excluding hydrogens is 308 g/mol. The third-order valence-electron chi connectivity index (χ3n) is 4.14. The summed E-state index contributed by atoms with van der Waals surface area (Å²) in [6.45, 7) is 0.586. The lowest BCUT2D eigenvalue weighted by Crippen LogP contribution is -2.40. The molecule has 0 aliphatic carbocycles. The van der Waals surface area contributed by atoms with Crippen molar-refractivity contribution in [2.75, 3.05) is 20.2 Å². The Hall–Kier alpha value is -2.83. The second kappa shape index (κ2) is 7.16. The summed E-state index contributed by atoms with van der Waals surface area (Å²) in [6.07, 6.45) is 2.95. The minimum absolute atomic E-state index is 0.0740. The van der Waals surface area contributed by atoms with Crippen molar-refractivity contribution < 1.29 is 14.3 Å². The Morgan fingerprint density at radius 1 is 1.38 bits per heavy atom. The van der Waals surface area contributed by atoms with Crippen LogP contribution in [0.25, 0.3) is 11.3 Å². The largest absolute Gasteiger partial charge is 0.453 e. The van der Waals surface area contributed by atoms with E-state index in [1.165, 1.54) is 7.11 Å². The average molecular weight is 328 g/mol. The van der Waals surface area contributed by atoms with Gasteiger partial charge in [-0.1, -0.05) is 30.3 Å². The van der Waals surface area contributed by atoms with Gasteiger partial charge in [-0.2, -0.15) is 0 Å². The van der Waals surface area contributed by atoms with Crippen LogP contribution in [0.3, 0.4) is 0 Å². The van der Waals surface area contributed by atoms with Gasteiger partial charge < -0.3 is 19.9 Å². The Labute approximate surface area is 140 Å². The maximum atomic E-state index is 12.3. The predicted molar refractivity (Wildman–Crippen MR) is 88.1 cm³/mol. The van der Waals surface area contributed by atoms with Gasteiger partial charge in [0.05, 0.1) is 25.0 Å². The van der Waals surface area contributed by atoms with Gasteiger partial charge in [-0.05, 0) is 18.4 Å². The molecule has 7 heteroatoms. The van der Waals surface area contributed by atoms with Crippen LogP contribution in [-0.4, -0.2) is 47.1 Å². The maximum Gasteiger partial charge on any atom is 0.407 e. The average Bonchev–Trinajstić information content (AvgIpc) is 3.28. The van der Waals surface area contributed by atoms with E-state index in [0.717, 1.165) is 29.9 Å². The van der Waals surface area contributed by atoms with Gasteiger partial charge in [0.1, 0.15) is 12.4 Å². The molecule has 7 nitrogen and oxygen atoms in total. The molecule has 3 rings (SSSR count). The SMILES string of the molecule is COC(=O)NCC(=O)N1CCC[C@H]1c1ncc(-c2ccccc2)[nH]1. The van der Waals surface area contributed by atoms with Crippen LogP contribution in [0.15, 0.2) is 36.5 Å². The van der Waals surface area contributed by atoms with E-state index in [-0.39, 0.29) is 18.5 Å². The molecule has 1 aliphatic rings. The fourth-order valence-electron chi connectivity index (χ4n) is 2.94. The number of nitrogens with zero attached hydrogens (tertiary/aromatic N) is 2. The molecule has 2 heterocycles. The van der Waals surface area contributed by atoms with Crippen LogP contribution in [0.2, 0.25) is 0 Å². The van der Waals surface area contributed by atoms with Crippen molar-refractivity contribution in [3.63, 3.8) is 0 Å². The number of carbonyl (C=O) groups is 2. The van der Waals surface area contributed by atoms with Gasteiger partial charge in [0.15, 0.2) is 0 Å². The van der Waals surface area contributed by atoms with E-state index >= 15 is 0 Å². The summed E-state index contributed by atoms with van der Waals surface area (Å²) >= 11 is 0. The van der Waals surface area contributed by atoms with Gasteiger partial charge in [-0.15, -0.1) is 0 Å². The summed E-state index contributed by atoms with van der Waals surface area (Å²) < 4.78 is 4.49. The number of H-pyrrole nitrogens is 1. The molecule has 0 unspecified atom stereocenters. The van der Waals surface area contributed by atoms with Gasteiger partial charge in [0, 0.05) is 6.54 Å². The summed E-state index contributed by atoms with van der Waals surface area (Å²) in [7, 11) is 1.27. The van der Waals surface area contributed by atoms with Crippen LogP contribution in [0.5, 0.6) is 0 Å². The van der Waals surface area contributed by atoms with Gasteiger partial charge in [0.2, 0.25) is 5.91 Å². The van der Waals surface area contributed by atoms with Gasteiger partial charge >= 0.3 is 6.09 Å². The zero-order valence-corrected chi connectivity index (χ0v) is 13.5. The van der Waals surface area contributed by atoms with E-state index in [2.05, 4.69) is 20.0 Å². The molecule has 0 saturated carbocycles.